The lowest BCUT2D eigenvalue weighted by Crippen LogP contribution is -2.22. The van der Waals surface area contributed by atoms with Gasteiger partial charge in [-0.1, -0.05) is 104 Å². The summed E-state index contributed by atoms with van der Waals surface area (Å²) in [5.74, 6) is 0.574. The highest BCUT2D eigenvalue weighted by Crippen LogP contribution is 2.68. The lowest BCUT2D eigenvalue weighted by Gasteiger charge is -2.33. The quantitative estimate of drug-likeness (QED) is 0.0892. The Labute approximate surface area is 250 Å². The van der Waals surface area contributed by atoms with Gasteiger partial charge in [-0.15, -0.1) is 0 Å². The van der Waals surface area contributed by atoms with E-state index in [1.54, 1.807) is 48.5 Å². The average molecular weight is 608 g/mol. The van der Waals surface area contributed by atoms with Crippen LogP contribution in [0.5, 0.6) is 11.5 Å². The lowest BCUT2D eigenvalue weighted by atomic mass is 10.1. The van der Waals surface area contributed by atoms with Crippen LogP contribution < -0.4 is 19.7 Å². The van der Waals surface area contributed by atoms with Gasteiger partial charge in [-0.2, -0.15) is 9.78 Å². The van der Waals surface area contributed by atoms with Gasteiger partial charge in [0.15, 0.2) is 0 Å². The second kappa shape index (κ2) is 12.9. The van der Waals surface area contributed by atoms with Crippen molar-refractivity contribution < 1.29 is 18.5 Å². The Morgan fingerprint density at radius 3 is 1.60 bits per heavy atom. The van der Waals surface area contributed by atoms with E-state index in [4.69, 9.17) is 13.6 Å². The first-order valence-corrected chi connectivity index (χ1v) is 16.7. The minimum Gasteiger partial charge on any atom is -0.399 e. The third kappa shape index (κ3) is 6.44. The third-order valence-electron chi connectivity index (χ3n) is 6.84. The number of nitro benzene ring substituents is 1. The Kier molecular flexibility index (Phi) is 8.87. The lowest BCUT2D eigenvalue weighted by molar-refractivity contribution is -0.385. The van der Waals surface area contributed by atoms with E-state index >= 15 is 4.57 Å². The largest absolute Gasteiger partial charge is 0.562 e. The maximum absolute atomic E-state index is 15.0. The van der Waals surface area contributed by atoms with Crippen molar-refractivity contribution in [3.05, 3.63) is 161 Å². The van der Waals surface area contributed by atoms with E-state index in [1.165, 1.54) is 18.2 Å². The van der Waals surface area contributed by atoms with Crippen molar-refractivity contribution in [2.45, 2.75) is 12.6 Å². The first-order chi connectivity index (χ1) is 20.8. The fraction of sp³-hybridized carbons (Fsp3) is 0.0606. The van der Waals surface area contributed by atoms with Crippen molar-refractivity contribution in [3.63, 3.8) is 0 Å². The van der Waals surface area contributed by atoms with Crippen molar-refractivity contribution in [2.24, 2.45) is 4.52 Å². The molecule has 1 atom stereocenters. The van der Waals surface area contributed by atoms with Crippen LogP contribution in [-0.4, -0.2) is 4.92 Å². The molecule has 0 spiro atoms. The van der Waals surface area contributed by atoms with Gasteiger partial charge in [-0.3, -0.25) is 10.1 Å². The minimum absolute atomic E-state index is 0.166. The van der Waals surface area contributed by atoms with Crippen molar-refractivity contribution >= 4 is 31.1 Å². The predicted octanol–water partition coefficient (Wildman–Crippen LogP) is 8.65. The molecule has 8 nitrogen and oxygen atoms in total. The number of hydrogen-bond acceptors (Lipinski definition) is 6. The zero-order chi connectivity index (χ0) is 30.3. The number of nitrogens with zero attached hydrogens (tertiary/aromatic N) is 3. The maximum Gasteiger partial charge on any atom is 0.562 e. The van der Waals surface area contributed by atoms with Crippen LogP contribution in [0.25, 0.3) is 0 Å². The molecular weight excluding hydrogens is 580 g/mol. The van der Waals surface area contributed by atoms with E-state index < -0.39 is 25.4 Å². The highest BCUT2D eigenvalue weighted by Gasteiger charge is 2.41. The van der Waals surface area contributed by atoms with Crippen LogP contribution in [0.3, 0.4) is 0 Å². The van der Waals surface area contributed by atoms with Crippen molar-refractivity contribution in [1.82, 2.24) is 0 Å². The van der Waals surface area contributed by atoms with Crippen LogP contribution in [0.4, 0.5) is 5.69 Å². The smallest absolute Gasteiger partial charge is 0.399 e. The fourth-order valence-corrected chi connectivity index (χ4v) is 11.9. The van der Waals surface area contributed by atoms with Gasteiger partial charge in [0.1, 0.15) is 11.5 Å². The Morgan fingerprint density at radius 1 is 0.744 bits per heavy atom. The van der Waals surface area contributed by atoms with E-state index in [2.05, 4.69) is 6.07 Å². The fourth-order valence-electron chi connectivity index (χ4n) is 4.87. The zero-order valence-electron chi connectivity index (χ0n) is 23.1. The Hall–Kier alpha value is -4.95. The Balaban J connectivity index is 1.89. The summed E-state index contributed by atoms with van der Waals surface area (Å²) in [6, 6.07) is 42.2. The number of para-hydroxylation sites is 2. The van der Waals surface area contributed by atoms with Crippen molar-refractivity contribution in [1.29, 1.82) is 5.26 Å². The van der Waals surface area contributed by atoms with Crippen LogP contribution in [0.15, 0.2) is 144 Å². The van der Waals surface area contributed by atoms with E-state index in [1.807, 2.05) is 79.7 Å². The number of rotatable bonds is 10. The minimum atomic E-state index is -4.41. The van der Waals surface area contributed by atoms with E-state index in [0.29, 0.717) is 16.2 Å². The molecule has 0 heterocycles. The summed E-state index contributed by atoms with van der Waals surface area (Å²) in [5.41, 5.74) is -0.338. The number of benzene rings is 5. The summed E-state index contributed by atoms with van der Waals surface area (Å²) in [5, 5.41) is 23.4. The summed E-state index contributed by atoms with van der Waals surface area (Å²) >= 11 is 0. The van der Waals surface area contributed by atoms with E-state index in [-0.39, 0.29) is 22.7 Å². The molecule has 0 saturated heterocycles. The zero-order valence-corrected chi connectivity index (χ0v) is 24.9. The molecule has 0 amide bonds. The first kappa shape index (κ1) is 29.5. The molecule has 0 aromatic heterocycles. The highest BCUT2D eigenvalue weighted by molar-refractivity contribution is 7.84. The highest BCUT2D eigenvalue weighted by atomic mass is 31.2. The normalized spacial score (nSPS) is 12.0. The van der Waals surface area contributed by atoms with Crippen LogP contribution in [0, 0.1) is 21.4 Å². The molecule has 43 heavy (non-hydrogen) atoms. The molecule has 10 heteroatoms. The Morgan fingerprint density at radius 2 is 1.19 bits per heavy atom. The van der Waals surface area contributed by atoms with E-state index in [9.17, 15) is 15.4 Å². The van der Waals surface area contributed by atoms with Gasteiger partial charge in [0, 0.05) is 24.3 Å². The number of nitro groups is 1. The standard InChI is InChI=1S/C33H27N3O5P2/c1-26(32-24-27(25-34)22-23-33(32)36(37)38)42(30-18-10-4-11-19-30,31-20-12-5-13-21-31)35-43(39,40-28-14-6-2-7-15-28)41-29-16-8-3-9-17-29/h2-24,26H,1H3. The number of hydrogen-bond donors (Lipinski definition) is 0. The summed E-state index contributed by atoms with van der Waals surface area (Å²) in [4.78, 5) is 11.8. The molecule has 0 aliphatic carbocycles. The van der Waals surface area contributed by atoms with Crippen LogP contribution in [-0.2, 0) is 4.57 Å². The molecule has 5 rings (SSSR count). The van der Waals surface area contributed by atoms with Crippen LogP contribution >= 0.6 is 14.8 Å². The number of nitriles is 1. The van der Waals surface area contributed by atoms with Crippen molar-refractivity contribution in [3.8, 4) is 17.6 Å². The molecule has 0 fully saturated rings. The predicted molar refractivity (Wildman–Crippen MR) is 169 cm³/mol. The summed E-state index contributed by atoms with van der Waals surface area (Å²) < 4.78 is 32.4. The topological polar surface area (TPSA) is 115 Å². The molecule has 1 unspecified atom stereocenters. The molecule has 0 aliphatic rings. The Bertz CT molecular complexity index is 1770. The van der Waals surface area contributed by atoms with Gasteiger partial charge in [-0.25, -0.2) is 4.57 Å². The maximum atomic E-state index is 15.0. The van der Waals surface area contributed by atoms with Gasteiger partial charge >= 0.3 is 7.75 Å². The molecule has 5 aromatic rings. The van der Waals surface area contributed by atoms with Gasteiger partial charge in [0.05, 0.1) is 16.6 Å². The van der Waals surface area contributed by atoms with Crippen LogP contribution in [0.2, 0.25) is 0 Å². The average Bonchev–Trinajstić information content (AvgIpc) is 3.04. The van der Waals surface area contributed by atoms with Gasteiger partial charge in [0.25, 0.3) is 5.69 Å². The SMILES string of the molecule is CC(c1cc(C#N)ccc1[N+](=O)[O-])P(=NP(=O)(Oc1ccccc1)Oc1ccccc1)(c1ccccc1)c1ccccc1. The summed E-state index contributed by atoms with van der Waals surface area (Å²) in [7, 11) is -7.72. The molecule has 214 valence electrons. The van der Waals surface area contributed by atoms with Gasteiger partial charge in [0.2, 0.25) is 0 Å². The molecule has 0 radical (unpaired) electrons. The van der Waals surface area contributed by atoms with Gasteiger partial charge < -0.3 is 9.05 Å². The summed E-state index contributed by atoms with van der Waals surface area (Å²) in [6.07, 6.45) is 0. The third-order valence-corrected chi connectivity index (χ3v) is 13.3. The van der Waals surface area contributed by atoms with Crippen LogP contribution in [0.1, 0.15) is 23.7 Å². The molecule has 0 aliphatic heterocycles. The molecule has 0 saturated carbocycles. The molecule has 0 bridgehead atoms. The first-order valence-electron chi connectivity index (χ1n) is 13.4. The molecular formula is C33H27N3O5P2. The summed E-state index contributed by atoms with van der Waals surface area (Å²) in [6.45, 7) is 1.82. The molecule has 5 aromatic carbocycles. The second-order valence-electron chi connectivity index (χ2n) is 9.54. The van der Waals surface area contributed by atoms with Crippen molar-refractivity contribution in [2.75, 3.05) is 0 Å². The monoisotopic (exact) mass is 607 g/mol. The van der Waals surface area contributed by atoms with Gasteiger partial charge in [-0.05, 0) is 47.0 Å². The van der Waals surface area contributed by atoms with E-state index in [0.717, 1.165) is 0 Å². The second-order valence-corrected chi connectivity index (χ2v) is 14.7. The molecule has 0 N–H and O–H groups in total.